The number of amides is 1. The predicted octanol–water partition coefficient (Wildman–Crippen LogP) is 1.84. The minimum atomic E-state index is -4.89. The Hall–Kier alpha value is -1.81. The summed E-state index contributed by atoms with van der Waals surface area (Å²) in [6, 6.07) is 2.77. The molecule has 2 aromatic rings. The van der Waals surface area contributed by atoms with Crippen molar-refractivity contribution in [3.05, 3.63) is 27.1 Å². The highest BCUT2D eigenvalue weighted by molar-refractivity contribution is 9.10. The van der Waals surface area contributed by atoms with Crippen molar-refractivity contribution in [2.75, 3.05) is 5.32 Å². The van der Waals surface area contributed by atoms with E-state index in [1.54, 1.807) is 0 Å². The van der Waals surface area contributed by atoms with E-state index in [2.05, 4.69) is 31.2 Å². The fourth-order valence-corrected chi connectivity index (χ4v) is 1.98. The van der Waals surface area contributed by atoms with E-state index in [-0.39, 0.29) is 5.69 Å². The molecule has 0 saturated carbocycles. The van der Waals surface area contributed by atoms with Crippen molar-refractivity contribution in [1.29, 1.82) is 0 Å². The van der Waals surface area contributed by atoms with Gasteiger partial charge in [0.1, 0.15) is 0 Å². The molecule has 10 heteroatoms. The third-order valence-corrected chi connectivity index (χ3v) is 3.57. The molecule has 0 aliphatic heterocycles. The number of fused-ring (bicyclic) bond motifs is 1. The number of nitrogens with one attached hydrogen (secondary N) is 3. The van der Waals surface area contributed by atoms with Gasteiger partial charge in [0.25, 0.3) is 5.91 Å². The van der Waals surface area contributed by atoms with E-state index < -0.39 is 23.3 Å². The number of hydrogen-bond acceptors (Lipinski definition) is 3. The lowest BCUT2D eigenvalue weighted by Gasteiger charge is -2.26. The quantitative estimate of drug-likeness (QED) is 0.651. The number of nitrogens with two attached hydrogens (primary N) is 1. The number of halogens is 4. The topological polar surface area (TPSA) is 104 Å². The fraction of sp³-hybridized carbons (Fsp3) is 0.273. The molecule has 1 unspecified atom stereocenters. The Labute approximate surface area is 124 Å². The first-order valence-electron chi connectivity index (χ1n) is 5.61. The second-order valence-electron chi connectivity index (χ2n) is 4.61. The molecule has 0 aliphatic carbocycles. The molecule has 114 valence electrons. The van der Waals surface area contributed by atoms with Crippen molar-refractivity contribution < 1.29 is 18.0 Å². The van der Waals surface area contributed by atoms with E-state index in [0.717, 1.165) is 0 Å². The zero-order chi connectivity index (χ0) is 16.0. The molecule has 1 amide bonds. The van der Waals surface area contributed by atoms with Crippen LogP contribution in [-0.2, 0) is 4.79 Å². The summed E-state index contributed by atoms with van der Waals surface area (Å²) in [5.41, 5.74) is 2.37. The van der Waals surface area contributed by atoms with Gasteiger partial charge in [-0.25, -0.2) is 4.79 Å². The monoisotopic (exact) mass is 366 g/mol. The number of carbonyl (C=O) groups excluding carboxylic acids is 1. The Morgan fingerprint density at radius 1 is 1.29 bits per heavy atom. The smallest absolute Gasteiger partial charge is 0.323 e. The van der Waals surface area contributed by atoms with Crippen LogP contribution in [0.2, 0.25) is 0 Å². The normalized spacial score (nSPS) is 15.0. The molecule has 0 aliphatic rings. The van der Waals surface area contributed by atoms with Crippen LogP contribution in [0.4, 0.5) is 18.9 Å². The summed E-state index contributed by atoms with van der Waals surface area (Å²) in [6.45, 7) is 0.576. The number of rotatable bonds is 2. The lowest BCUT2D eigenvalue weighted by atomic mass is 10.0. The van der Waals surface area contributed by atoms with Crippen LogP contribution < -0.4 is 16.7 Å². The van der Waals surface area contributed by atoms with Crippen molar-refractivity contribution >= 4 is 38.6 Å². The predicted molar refractivity (Wildman–Crippen MR) is 73.9 cm³/mol. The minimum absolute atomic E-state index is 0.0590. The average molecular weight is 367 g/mol. The van der Waals surface area contributed by atoms with Gasteiger partial charge >= 0.3 is 11.9 Å². The molecule has 1 aromatic heterocycles. The number of aromatic nitrogens is 2. The van der Waals surface area contributed by atoms with Crippen molar-refractivity contribution in [2.24, 2.45) is 5.73 Å². The molecule has 0 radical (unpaired) electrons. The first kappa shape index (κ1) is 15.6. The van der Waals surface area contributed by atoms with E-state index in [0.29, 0.717) is 22.4 Å². The van der Waals surface area contributed by atoms with Crippen LogP contribution in [0.25, 0.3) is 11.0 Å². The van der Waals surface area contributed by atoms with Gasteiger partial charge in [-0.3, -0.25) is 4.79 Å². The standard InChI is InChI=1S/C11H10BrF3N4O2/c1-10(16,11(13,14)15)8(20)17-5-3-7-6(2-4(5)12)18-9(21)19-7/h2-3H,16H2,1H3,(H,17,20)(H2,18,19,21). The Kier molecular flexibility index (Phi) is 3.62. The number of imidazole rings is 1. The van der Waals surface area contributed by atoms with Crippen molar-refractivity contribution in [2.45, 2.75) is 18.6 Å². The average Bonchev–Trinajstić information content (AvgIpc) is 2.67. The third-order valence-electron chi connectivity index (χ3n) is 2.91. The maximum absolute atomic E-state index is 12.7. The summed E-state index contributed by atoms with van der Waals surface area (Å²) >= 11 is 3.10. The van der Waals surface area contributed by atoms with Gasteiger partial charge in [0.2, 0.25) is 0 Å². The van der Waals surface area contributed by atoms with E-state index in [1.807, 2.05) is 0 Å². The molecule has 0 bridgehead atoms. The largest absolute Gasteiger partial charge is 0.415 e. The second kappa shape index (κ2) is 4.88. The van der Waals surface area contributed by atoms with Crippen LogP contribution >= 0.6 is 15.9 Å². The molecule has 0 fully saturated rings. The third kappa shape index (κ3) is 2.81. The van der Waals surface area contributed by atoms with Gasteiger partial charge in [-0.15, -0.1) is 0 Å². The van der Waals surface area contributed by atoms with Gasteiger partial charge < -0.3 is 21.0 Å². The van der Waals surface area contributed by atoms with Gasteiger partial charge in [-0.2, -0.15) is 13.2 Å². The Balaban J connectivity index is 2.37. The van der Waals surface area contributed by atoms with Crippen LogP contribution in [-0.4, -0.2) is 27.6 Å². The fourth-order valence-electron chi connectivity index (χ4n) is 1.53. The van der Waals surface area contributed by atoms with Crippen molar-refractivity contribution in [3.8, 4) is 0 Å². The summed E-state index contributed by atoms with van der Waals surface area (Å²) in [4.78, 5) is 27.8. The number of carbonyl (C=O) groups is 1. The van der Waals surface area contributed by atoms with Crippen LogP contribution in [0.15, 0.2) is 21.4 Å². The summed E-state index contributed by atoms with van der Waals surface area (Å²) in [7, 11) is 0. The number of anilines is 1. The highest BCUT2D eigenvalue weighted by atomic mass is 79.9. The first-order chi connectivity index (χ1) is 9.52. The molecule has 5 N–H and O–H groups in total. The Bertz CT molecular complexity index is 763. The van der Waals surface area contributed by atoms with Crippen LogP contribution in [0.5, 0.6) is 0 Å². The SMILES string of the molecule is CC(N)(C(=O)Nc1cc2[nH]c(=O)[nH]c2cc1Br)C(F)(F)F. The molecule has 1 heterocycles. The molecule has 0 saturated heterocycles. The first-order valence-corrected chi connectivity index (χ1v) is 6.40. The number of alkyl halides is 3. The Morgan fingerprint density at radius 2 is 1.81 bits per heavy atom. The molecular formula is C11H10BrF3N4O2. The zero-order valence-electron chi connectivity index (χ0n) is 10.6. The maximum atomic E-state index is 12.7. The molecule has 6 nitrogen and oxygen atoms in total. The van der Waals surface area contributed by atoms with Gasteiger partial charge in [-0.1, -0.05) is 0 Å². The van der Waals surface area contributed by atoms with E-state index >= 15 is 0 Å². The minimum Gasteiger partial charge on any atom is -0.323 e. The van der Waals surface area contributed by atoms with Crippen LogP contribution in [0.1, 0.15) is 6.92 Å². The molecular weight excluding hydrogens is 357 g/mol. The van der Waals surface area contributed by atoms with Crippen LogP contribution in [0.3, 0.4) is 0 Å². The Morgan fingerprint density at radius 3 is 2.33 bits per heavy atom. The molecule has 1 aromatic carbocycles. The highest BCUT2D eigenvalue weighted by Gasteiger charge is 2.54. The summed E-state index contributed by atoms with van der Waals surface area (Å²) in [5, 5.41) is 2.09. The molecule has 0 spiro atoms. The summed E-state index contributed by atoms with van der Waals surface area (Å²) in [5.74, 6) is -1.41. The zero-order valence-corrected chi connectivity index (χ0v) is 12.1. The van der Waals surface area contributed by atoms with Crippen LogP contribution in [0, 0.1) is 0 Å². The molecule has 1 atom stereocenters. The lowest BCUT2D eigenvalue weighted by Crippen LogP contribution is -2.59. The van der Waals surface area contributed by atoms with Crippen molar-refractivity contribution in [3.63, 3.8) is 0 Å². The van der Waals surface area contributed by atoms with Gasteiger partial charge in [0.15, 0.2) is 5.54 Å². The molecule has 21 heavy (non-hydrogen) atoms. The lowest BCUT2D eigenvalue weighted by molar-refractivity contribution is -0.184. The summed E-state index contributed by atoms with van der Waals surface area (Å²) in [6.07, 6.45) is -4.89. The van der Waals surface area contributed by atoms with Gasteiger partial charge in [-0.05, 0) is 35.0 Å². The number of hydrogen-bond donors (Lipinski definition) is 4. The highest BCUT2D eigenvalue weighted by Crippen LogP contribution is 2.31. The second-order valence-corrected chi connectivity index (χ2v) is 5.47. The van der Waals surface area contributed by atoms with E-state index in [4.69, 9.17) is 5.73 Å². The number of H-pyrrole nitrogens is 2. The van der Waals surface area contributed by atoms with Gasteiger partial charge in [0.05, 0.1) is 16.7 Å². The van der Waals surface area contributed by atoms with Crippen molar-refractivity contribution in [1.82, 2.24) is 9.97 Å². The number of aromatic amines is 2. The maximum Gasteiger partial charge on any atom is 0.415 e. The van der Waals surface area contributed by atoms with E-state index in [9.17, 15) is 22.8 Å². The number of benzene rings is 1. The van der Waals surface area contributed by atoms with E-state index in [1.165, 1.54) is 12.1 Å². The molecule has 2 rings (SSSR count). The van der Waals surface area contributed by atoms with Gasteiger partial charge in [0, 0.05) is 4.47 Å². The summed E-state index contributed by atoms with van der Waals surface area (Å²) < 4.78 is 38.4.